The van der Waals surface area contributed by atoms with Gasteiger partial charge in [0.05, 0.1) is 23.5 Å². The molecule has 0 spiro atoms. The third-order valence-electron chi connectivity index (χ3n) is 2.56. The van der Waals surface area contributed by atoms with Crippen LogP contribution in [0.3, 0.4) is 0 Å². The molecule has 0 atom stereocenters. The number of ketones is 1. The van der Waals surface area contributed by atoms with Crippen LogP contribution >= 0.6 is 66.3 Å². The molecule has 7 heteroatoms. The molecule has 0 fully saturated rings. The number of rotatable bonds is 4. The first-order valence-corrected chi connectivity index (χ1v) is 9.80. The highest BCUT2D eigenvalue weighted by Crippen LogP contribution is 2.34. The number of thiophene rings is 1. The second kappa shape index (κ2) is 6.27. The molecule has 0 radical (unpaired) electrons. The van der Waals surface area contributed by atoms with E-state index >= 15 is 0 Å². The maximum atomic E-state index is 12.2. The van der Waals surface area contributed by atoms with E-state index in [-0.39, 0.29) is 5.78 Å². The summed E-state index contributed by atoms with van der Waals surface area (Å²) in [5, 5.41) is 0. The zero-order chi connectivity index (χ0) is 14.1. The third kappa shape index (κ3) is 3.17. The number of carbonyl (C=O) groups excluding carboxylic acids is 1. The van der Waals surface area contributed by atoms with Crippen LogP contribution < -0.4 is 0 Å². The molecule has 0 saturated carbocycles. The molecule has 0 bridgehead atoms. The lowest BCUT2D eigenvalue weighted by Gasteiger charge is -1.96. The van der Waals surface area contributed by atoms with E-state index in [0.717, 1.165) is 27.7 Å². The van der Waals surface area contributed by atoms with Crippen LogP contribution in [0.15, 0.2) is 42.2 Å². The Bertz CT molecular complexity index is 748. The van der Waals surface area contributed by atoms with Gasteiger partial charge in [-0.25, -0.2) is 4.98 Å². The molecule has 0 saturated heterocycles. The predicted octanol–water partition coefficient (Wildman–Crippen LogP) is 5.86. The monoisotopic (exact) mass is 447 g/mol. The number of hydrogen-bond donors (Lipinski definition) is 0. The second-order valence-electron chi connectivity index (χ2n) is 3.90. The van der Waals surface area contributed by atoms with Crippen molar-refractivity contribution >= 4 is 82.3 Å². The third-order valence-corrected chi connectivity index (χ3v) is 7.08. The lowest BCUT2D eigenvalue weighted by molar-refractivity contribution is 0.102. The summed E-state index contributed by atoms with van der Waals surface area (Å²) in [6.07, 6.45) is 0. The molecule has 2 heterocycles. The standard InChI is InChI=1S/C13H7Br2NOS3/c14-11-5-7(12(15)20-11)9(17)6-18-13-16-8-3-1-2-4-10(8)19-13/h1-5H,6H2. The molecule has 20 heavy (non-hydrogen) atoms. The Morgan fingerprint density at radius 3 is 2.75 bits per heavy atom. The number of carbonyl (C=O) groups is 1. The topological polar surface area (TPSA) is 30.0 Å². The van der Waals surface area contributed by atoms with Crippen LogP contribution in [0.1, 0.15) is 10.4 Å². The van der Waals surface area contributed by atoms with E-state index < -0.39 is 0 Å². The van der Waals surface area contributed by atoms with Crippen molar-refractivity contribution in [3.8, 4) is 0 Å². The number of thiazole rings is 1. The van der Waals surface area contributed by atoms with Gasteiger partial charge in [-0.05, 0) is 50.1 Å². The molecular weight excluding hydrogens is 442 g/mol. The van der Waals surface area contributed by atoms with Crippen molar-refractivity contribution in [2.75, 3.05) is 5.75 Å². The SMILES string of the molecule is O=C(CSc1nc2ccccc2s1)c1cc(Br)sc1Br. The molecule has 0 aliphatic heterocycles. The van der Waals surface area contributed by atoms with Crippen LogP contribution in [0.25, 0.3) is 10.2 Å². The fourth-order valence-electron chi connectivity index (χ4n) is 1.65. The first kappa shape index (κ1) is 14.7. The number of para-hydroxylation sites is 1. The van der Waals surface area contributed by atoms with Crippen LogP contribution in [0, 0.1) is 0 Å². The molecule has 0 aliphatic carbocycles. The average Bonchev–Trinajstić information content (AvgIpc) is 2.98. The number of benzene rings is 1. The van der Waals surface area contributed by atoms with E-state index in [9.17, 15) is 4.79 Å². The van der Waals surface area contributed by atoms with Gasteiger partial charge in [0, 0.05) is 5.56 Å². The average molecular weight is 449 g/mol. The number of hydrogen-bond acceptors (Lipinski definition) is 5. The first-order valence-electron chi connectivity index (χ1n) is 5.60. The minimum atomic E-state index is 0.114. The van der Waals surface area contributed by atoms with Crippen molar-refractivity contribution in [2.45, 2.75) is 4.34 Å². The fourth-order valence-corrected chi connectivity index (χ4v) is 6.46. The van der Waals surface area contributed by atoms with E-state index in [2.05, 4.69) is 36.8 Å². The van der Waals surface area contributed by atoms with Crippen molar-refractivity contribution < 1.29 is 4.79 Å². The number of fused-ring (bicyclic) bond motifs is 1. The Balaban J connectivity index is 1.73. The van der Waals surface area contributed by atoms with Crippen LogP contribution in [-0.2, 0) is 0 Å². The minimum absolute atomic E-state index is 0.114. The van der Waals surface area contributed by atoms with Gasteiger partial charge in [-0.2, -0.15) is 0 Å². The highest BCUT2D eigenvalue weighted by atomic mass is 79.9. The summed E-state index contributed by atoms with van der Waals surface area (Å²) >= 11 is 11.4. The highest BCUT2D eigenvalue weighted by Gasteiger charge is 2.15. The summed E-state index contributed by atoms with van der Waals surface area (Å²) in [6.45, 7) is 0. The molecular formula is C13H7Br2NOS3. The number of aromatic nitrogens is 1. The Hall–Kier alpha value is -0.210. The molecule has 0 N–H and O–H groups in total. The number of Topliss-reactive ketones (excluding diaryl/α,β-unsaturated/α-hetero) is 1. The van der Waals surface area contributed by atoms with Crippen LogP contribution in [0.4, 0.5) is 0 Å². The van der Waals surface area contributed by atoms with Crippen molar-refractivity contribution in [1.29, 1.82) is 0 Å². The van der Waals surface area contributed by atoms with E-state index in [1.807, 2.05) is 30.3 Å². The van der Waals surface area contributed by atoms with Crippen LogP contribution in [0.2, 0.25) is 0 Å². The Morgan fingerprint density at radius 1 is 1.25 bits per heavy atom. The number of nitrogens with zero attached hydrogens (tertiary/aromatic N) is 1. The minimum Gasteiger partial charge on any atom is -0.293 e. The summed E-state index contributed by atoms with van der Waals surface area (Å²) in [7, 11) is 0. The van der Waals surface area contributed by atoms with Gasteiger partial charge in [0.15, 0.2) is 10.1 Å². The molecule has 0 unspecified atom stereocenters. The lowest BCUT2D eigenvalue weighted by atomic mass is 10.2. The zero-order valence-electron chi connectivity index (χ0n) is 9.93. The maximum absolute atomic E-state index is 12.2. The molecule has 0 amide bonds. The van der Waals surface area contributed by atoms with Crippen LogP contribution in [-0.4, -0.2) is 16.5 Å². The van der Waals surface area contributed by atoms with Gasteiger partial charge >= 0.3 is 0 Å². The largest absolute Gasteiger partial charge is 0.293 e. The van der Waals surface area contributed by atoms with Gasteiger partial charge in [0.25, 0.3) is 0 Å². The summed E-state index contributed by atoms with van der Waals surface area (Å²) in [4.78, 5) is 16.7. The van der Waals surface area contributed by atoms with Crippen LogP contribution in [0.5, 0.6) is 0 Å². The van der Waals surface area contributed by atoms with Gasteiger partial charge in [-0.3, -0.25) is 4.79 Å². The smallest absolute Gasteiger partial charge is 0.175 e. The quantitative estimate of drug-likeness (QED) is 0.370. The highest BCUT2D eigenvalue weighted by molar-refractivity contribution is 9.12. The molecule has 1 aromatic carbocycles. The summed E-state index contributed by atoms with van der Waals surface area (Å²) < 4.78 is 3.92. The molecule has 3 aromatic rings. The maximum Gasteiger partial charge on any atom is 0.175 e. The van der Waals surface area contributed by atoms with E-state index in [4.69, 9.17) is 0 Å². The van der Waals surface area contributed by atoms with Crippen molar-refractivity contribution in [2.24, 2.45) is 0 Å². The number of thioether (sulfide) groups is 1. The van der Waals surface area contributed by atoms with Gasteiger partial charge in [0.1, 0.15) is 0 Å². The van der Waals surface area contributed by atoms with E-state index in [1.54, 1.807) is 11.3 Å². The second-order valence-corrected chi connectivity index (χ2v) is 9.90. The van der Waals surface area contributed by atoms with E-state index in [1.165, 1.54) is 23.1 Å². The molecule has 2 aromatic heterocycles. The first-order chi connectivity index (χ1) is 9.63. The zero-order valence-corrected chi connectivity index (χ0v) is 15.6. The summed E-state index contributed by atoms with van der Waals surface area (Å²) in [6, 6.07) is 9.87. The lowest BCUT2D eigenvalue weighted by Crippen LogP contribution is -2.01. The van der Waals surface area contributed by atoms with Gasteiger partial charge < -0.3 is 0 Å². The number of halogens is 2. The Morgan fingerprint density at radius 2 is 2.05 bits per heavy atom. The van der Waals surface area contributed by atoms with Crippen molar-refractivity contribution in [3.05, 3.63) is 43.5 Å². The normalized spacial score (nSPS) is 11.1. The Labute approximate surface area is 144 Å². The molecule has 102 valence electrons. The molecule has 3 rings (SSSR count). The van der Waals surface area contributed by atoms with Gasteiger partial charge in [-0.15, -0.1) is 22.7 Å². The molecule has 0 aliphatic rings. The summed E-state index contributed by atoms with van der Waals surface area (Å²) in [5.74, 6) is 0.518. The Kier molecular flexibility index (Phi) is 4.62. The fraction of sp³-hybridized carbons (Fsp3) is 0.0769. The molecule has 2 nitrogen and oxygen atoms in total. The predicted molar refractivity (Wildman–Crippen MR) is 94.4 cm³/mol. The van der Waals surface area contributed by atoms with E-state index in [0.29, 0.717) is 5.75 Å². The summed E-state index contributed by atoms with van der Waals surface area (Å²) in [5.41, 5.74) is 1.72. The van der Waals surface area contributed by atoms with Gasteiger partial charge in [-0.1, -0.05) is 23.9 Å². The van der Waals surface area contributed by atoms with Gasteiger partial charge in [0.2, 0.25) is 0 Å². The van der Waals surface area contributed by atoms with Crippen molar-refractivity contribution in [1.82, 2.24) is 4.98 Å². The van der Waals surface area contributed by atoms with Crippen molar-refractivity contribution in [3.63, 3.8) is 0 Å².